The summed E-state index contributed by atoms with van der Waals surface area (Å²) in [7, 11) is 1.66. The van der Waals surface area contributed by atoms with Gasteiger partial charge < -0.3 is 15.3 Å². The van der Waals surface area contributed by atoms with Crippen molar-refractivity contribution in [2.75, 3.05) is 13.6 Å². The molecule has 1 aromatic carbocycles. The fourth-order valence-corrected chi connectivity index (χ4v) is 2.02. The molecule has 5 heteroatoms. The van der Waals surface area contributed by atoms with Crippen LogP contribution in [0.1, 0.15) is 18.1 Å². The third-order valence-corrected chi connectivity index (χ3v) is 3.12. The molecule has 0 bridgehead atoms. The van der Waals surface area contributed by atoms with E-state index in [1.807, 2.05) is 25.1 Å². The molecular weight excluding hydrogens is 296 g/mol. The zero-order valence-electron chi connectivity index (χ0n) is 10.9. The minimum absolute atomic E-state index is 0.185. The number of aryl methyl sites for hydroxylation is 1. The van der Waals surface area contributed by atoms with Crippen LogP contribution in [0.3, 0.4) is 0 Å². The molecule has 4 nitrogen and oxygen atoms in total. The largest absolute Gasteiger partial charge is 0.392 e. The second-order valence-corrected chi connectivity index (χ2v) is 5.37. The maximum Gasteiger partial charge on any atom is 0.317 e. The number of aliphatic hydroxyl groups is 1. The second-order valence-electron chi connectivity index (χ2n) is 4.46. The molecule has 0 radical (unpaired) electrons. The number of halogens is 1. The number of amides is 2. The number of carbonyl (C=O) groups is 1. The van der Waals surface area contributed by atoms with Crippen molar-refractivity contribution in [2.24, 2.45) is 0 Å². The average molecular weight is 315 g/mol. The van der Waals surface area contributed by atoms with Crippen molar-refractivity contribution in [1.29, 1.82) is 0 Å². The van der Waals surface area contributed by atoms with Gasteiger partial charge in [0.15, 0.2) is 0 Å². The first kappa shape index (κ1) is 15.0. The molecule has 18 heavy (non-hydrogen) atoms. The molecule has 2 N–H and O–H groups in total. The monoisotopic (exact) mass is 314 g/mol. The van der Waals surface area contributed by atoms with Crippen molar-refractivity contribution < 1.29 is 9.90 Å². The van der Waals surface area contributed by atoms with Gasteiger partial charge in [0.2, 0.25) is 0 Å². The molecule has 0 aromatic heterocycles. The summed E-state index contributed by atoms with van der Waals surface area (Å²) in [5, 5.41) is 12.0. The van der Waals surface area contributed by atoms with E-state index in [9.17, 15) is 9.90 Å². The van der Waals surface area contributed by atoms with Crippen LogP contribution in [-0.2, 0) is 6.54 Å². The molecule has 0 spiro atoms. The van der Waals surface area contributed by atoms with Crippen molar-refractivity contribution in [3.63, 3.8) is 0 Å². The smallest absolute Gasteiger partial charge is 0.317 e. The van der Waals surface area contributed by atoms with E-state index in [1.165, 1.54) is 4.90 Å². The summed E-state index contributed by atoms with van der Waals surface area (Å²) in [4.78, 5) is 13.2. The minimum atomic E-state index is -0.520. The van der Waals surface area contributed by atoms with Crippen LogP contribution in [0.15, 0.2) is 22.7 Å². The molecule has 100 valence electrons. The van der Waals surface area contributed by atoms with Crippen LogP contribution in [0.2, 0.25) is 0 Å². The maximum absolute atomic E-state index is 11.7. The standard InChI is InChI=1S/C13H19BrN2O2/c1-9-4-5-12(14)6-11(9)7-15-13(18)16(3)8-10(2)17/h4-6,10,17H,7-8H2,1-3H3,(H,15,18)/t10-/m1/s1. The van der Waals surface area contributed by atoms with Gasteiger partial charge in [-0.1, -0.05) is 22.0 Å². The Hall–Kier alpha value is -1.07. The van der Waals surface area contributed by atoms with E-state index in [1.54, 1.807) is 14.0 Å². The highest BCUT2D eigenvalue weighted by Crippen LogP contribution is 2.15. The molecule has 0 aliphatic heterocycles. The van der Waals surface area contributed by atoms with Gasteiger partial charge in [-0.3, -0.25) is 0 Å². The number of hydrogen-bond acceptors (Lipinski definition) is 2. The van der Waals surface area contributed by atoms with E-state index >= 15 is 0 Å². The molecule has 0 aliphatic rings. The number of aliphatic hydroxyl groups excluding tert-OH is 1. The number of likely N-dealkylation sites (N-methyl/N-ethyl adjacent to an activating group) is 1. The number of hydrogen-bond donors (Lipinski definition) is 2. The van der Waals surface area contributed by atoms with Crippen molar-refractivity contribution in [3.8, 4) is 0 Å². The Morgan fingerprint density at radius 1 is 1.56 bits per heavy atom. The van der Waals surface area contributed by atoms with Gasteiger partial charge in [-0.2, -0.15) is 0 Å². The topological polar surface area (TPSA) is 52.6 Å². The molecule has 0 fully saturated rings. The third-order valence-electron chi connectivity index (χ3n) is 2.63. The molecule has 2 amide bonds. The Labute approximate surface area is 116 Å². The Bertz CT molecular complexity index is 421. The van der Waals surface area contributed by atoms with E-state index in [2.05, 4.69) is 21.2 Å². The van der Waals surface area contributed by atoms with Gasteiger partial charge in [-0.15, -0.1) is 0 Å². The summed E-state index contributed by atoms with van der Waals surface area (Å²) in [6, 6.07) is 5.78. The number of benzene rings is 1. The van der Waals surface area contributed by atoms with Crippen LogP contribution in [-0.4, -0.2) is 35.7 Å². The van der Waals surface area contributed by atoms with Crippen LogP contribution in [0.25, 0.3) is 0 Å². The quantitative estimate of drug-likeness (QED) is 0.896. The van der Waals surface area contributed by atoms with Crippen molar-refractivity contribution in [1.82, 2.24) is 10.2 Å². The molecule has 1 atom stereocenters. The van der Waals surface area contributed by atoms with Crippen LogP contribution >= 0.6 is 15.9 Å². The Balaban J connectivity index is 2.54. The highest BCUT2D eigenvalue weighted by molar-refractivity contribution is 9.10. The normalized spacial score (nSPS) is 12.1. The summed E-state index contributed by atoms with van der Waals surface area (Å²) < 4.78 is 0.995. The zero-order valence-corrected chi connectivity index (χ0v) is 12.5. The first-order chi connectivity index (χ1) is 8.40. The number of urea groups is 1. The molecule has 1 rings (SSSR count). The van der Waals surface area contributed by atoms with E-state index in [4.69, 9.17) is 0 Å². The molecular formula is C13H19BrN2O2. The van der Waals surface area contributed by atoms with Crippen molar-refractivity contribution in [2.45, 2.75) is 26.5 Å². The minimum Gasteiger partial charge on any atom is -0.392 e. The highest BCUT2D eigenvalue weighted by Gasteiger charge is 2.10. The van der Waals surface area contributed by atoms with Crippen molar-refractivity contribution in [3.05, 3.63) is 33.8 Å². The molecule has 1 aromatic rings. The Morgan fingerprint density at radius 3 is 2.83 bits per heavy atom. The van der Waals surface area contributed by atoms with Gasteiger partial charge >= 0.3 is 6.03 Å². The maximum atomic E-state index is 11.7. The Morgan fingerprint density at radius 2 is 2.22 bits per heavy atom. The van der Waals surface area contributed by atoms with Gasteiger partial charge in [0.1, 0.15) is 0 Å². The first-order valence-electron chi connectivity index (χ1n) is 5.82. The van der Waals surface area contributed by atoms with Gasteiger partial charge in [0, 0.05) is 24.6 Å². The Kier molecular flexibility index (Phi) is 5.62. The second kappa shape index (κ2) is 6.75. The number of carbonyl (C=O) groups excluding carboxylic acids is 1. The first-order valence-corrected chi connectivity index (χ1v) is 6.61. The lowest BCUT2D eigenvalue weighted by molar-refractivity contribution is 0.143. The number of rotatable bonds is 4. The van der Waals surface area contributed by atoms with E-state index < -0.39 is 6.10 Å². The van der Waals surface area contributed by atoms with Crippen LogP contribution in [0.4, 0.5) is 4.79 Å². The third kappa shape index (κ3) is 4.66. The summed E-state index contributed by atoms with van der Waals surface area (Å²) >= 11 is 3.41. The summed E-state index contributed by atoms with van der Waals surface area (Å²) in [5.74, 6) is 0. The van der Waals surface area contributed by atoms with Gasteiger partial charge in [0.25, 0.3) is 0 Å². The van der Waals surface area contributed by atoms with E-state index in [0.29, 0.717) is 13.1 Å². The van der Waals surface area contributed by atoms with Crippen molar-refractivity contribution >= 4 is 22.0 Å². The number of nitrogens with zero attached hydrogens (tertiary/aromatic N) is 1. The van der Waals surface area contributed by atoms with Crippen LogP contribution in [0, 0.1) is 6.92 Å². The SMILES string of the molecule is Cc1ccc(Br)cc1CNC(=O)N(C)C[C@@H](C)O. The molecule has 0 saturated carbocycles. The lowest BCUT2D eigenvalue weighted by Crippen LogP contribution is -2.40. The molecule has 0 saturated heterocycles. The predicted molar refractivity (Wildman–Crippen MR) is 75.4 cm³/mol. The predicted octanol–water partition coefficient (Wildman–Crippen LogP) is 2.28. The average Bonchev–Trinajstić information content (AvgIpc) is 2.29. The summed E-state index contributed by atoms with van der Waals surface area (Å²) in [6.45, 7) is 4.47. The van der Waals surface area contributed by atoms with Gasteiger partial charge in [-0.25, -0.2) is 4.79 Å². The summed E-state index contributed by atoms with van der Waals surface area (Å²) in [5.41, 5.74) is 2.21. The highest BCUT2D eigenvalue weighted by atomic mass is 79.9. The zero-order chi connectivity index (χ0) is 13.7. The lowest BCUT2D eigenvalue weighted by Gasteiger charge is -2.19. The molecule has 0 unspecified atom stereocenters. The van der Waals surface area contributed by atoms with Crippen LogP contribution < -0.4 is 5.32 Å². The fourth-order valence-electron chi connectivity index (χ4n) is 1.62. The van der Waals surface area contributed by atoms with Gasteiger partial charge in [0.05, 0.1) is 6.10 Å². The lowest BCUT2D eigenvalue weighted by atomic mass is 10.1. The van der Waals surface area contributed by atoms with Crippen LogP contribution in [0.5, 0.6) is 0 Å². The number of nitrogens with one attached hydrogen (secondary N) is 1. The molecule has 0 aliphatic carbocycles. The van der Waals surface area contributed by atoms with E-state index in [-0.39, 0.29) is 6.03 Å². The van der Waals surface area contributed by atoms with E-state index in [0.717, 1.165) is 15.6 Å². The molecule has 0 heterocycles. The fraction of sp³-hybridized carbons (Fsp3) is 0.462. The summed E-state index contributed by atoms with van der Waals surface area (Å²) in [6.07, 6.45) is -0.520. The van der Waals surface area contributed by atoms with Gasteiger partial charge in [-0.05, 0) is 37.1 Å².